The number of nitrogens with one attached hydrogen (secondary N) is 1. The number of rotatable bonds is 4. The summed E-state index contributed by atoms with van der Waals surface area (Å²) in [7, 11) is 0. The van der Waals surface area contributed by atoms with Gasteiger partial charge in [0, 0.05) is 5.69 Å². The van der Waals surface area contributed by atoms with Gasteiger partial charge in [-0.05, 0) is 60.7 Å². The Morgan fingerprint density at radius 1 is 1.00 bits per heavy atom. The van der Waals surface area contributed by atoms with Crippen molar-refractivity contribution in [1.82, 2.24) is 9.78 Å². The summed E-state index contributed by atoms with van der Waals surface area (Å²) in [5, 5.41) is 9.74. The summed E-state index contributed by atoms with van der Waals surface area (Å²) in [6.45, 7) is 4.00. The van der Waals surface area contributed by atoms with Crippen LogP contribution in [0.25, 0.3) is 16.3 Å². The van der Waals surface area contributed by atoms with E-state index in [1.807, 2.05) is 86.0 Å². The third-order valence-electron chi connectivity index (χ3n) is 4.36. The zero-order valence-electron chi connectivity index (χ0n) is 15.1. The van der Waals surface area contributed by atoms with Gasteiger partial charge in [0.25, 0.3) is 5.91 Å². The Hall–Kier alpha value is -3.18. The summed E-state index contributed by atoms with van der Waals surface area (Å²) < 4.78 is 1.70. The highest BCUT2D eigenvalue weighted by Crippen LogP contribution is 2.26. The Morgan fingerprint density at radius 3 is 2.56 bits per heavy atom. The monoisotopic (exact) mass is 373 g/mol. The Kier molecular flexibility index (Phi) is 4.60. The first-order chi connectivity index (χ1) is 13.1. The average Bonchev–Trinajstić information content (AvgIpc) is 3.35. The third-order valence-corrected chi connectivity index (χ3v) is 5.25. The van der Waals surface area contributed by atoms with Gasteiger partial charge in [-0.15, -0.1) is 11.3 Å². The molecule has 0 aliphatic heterocycles. The van der Waals surface area contributed by atoms with Gasteiger partial charge in [0.05, 0.1) is 10.6 Å². The number of carbonyl (C=O) groups excluding carboxylic acids is 1. The minimum atomic E-state index is -0.178. The normalized spacial score (nSPS) is 10.7. The average molecular weight is 373 g/mol. The van der Waals surface area contributed by atoms with Crippen molar-refractivity contribution in [3.63, 3.8) is 0 Å². The molecule has 4 aromatic rings. The molecule has 0 spiro atoms. The molecule has 0 bridgehead atoms. The number of amides is 1. The number of hydrogen-bond donors (Lipinski definition) is 1. The lowest BCUT2D eigenvalue weighted by atomic mass is 10.1. The van der Waals surface area contributed by atoms with Gasteiger partial charge in [0.1, 0.15) is 11.4 Å². The number of anilines is 1. The number of thiophene rings is 1. The molecule has 0 saturated heterocycles. The summed E-state index contributed by atoms with van der Waals surface area (Å²) in [4.78, 5) is 14.1. The summed E-state index contributed by atoms with van der Waals surface area (Å²) in [5.74, 6) is -0.178. The van der Waals surface area contributed by atoms with Crippen molar-refractivity contribution in [3.05, 3.63) is 88.9 Å². The smallest absolute Gasteiger partial charge is 0.274 e. The molecule has 0 aliphatic rings. The van der Waals surface area contributed by atoms with E-state index >= 15 is 0 Å². The highest BCUT2D eigenvalue weighted by Gasteiger charge is 2.18. The SMILES string of the molecule is Cc1ccc(C)c(NC(=O)c2cc(-c3cccs3)nn2-c2ccccc2)c1. The van der Waals surface area contributed by atoms with Crippen LogP contribution in [0.3, 0.4) is 0 Å². The quantitative estimate of drug-likeness (QED) is 0.515. The van der Waals surface area contributed by atoms with Crippen molar-refractivity contribution in [2.75, 3.05) is 5.32 Å². The van der Waals surface area contributed by atoms with Crippen LogP contribution in [-0.2, 0) is 0 Å². The fraction of sp³-hybridized carbons (Fsp3) is 0.0909. The van der Waals surface area contributed by atoms with Crippen LogP contribution in [0.2, 0.25) is 0 Å². The number of aryl methyl sites for hydroxylation is 2. The van der Waals surface area contributed by atoms with E-state index in [1.165, 1.54) is 0 Å². The number of nitrogens with zero attached hydrogens (tertiary/aromatic N) is 2. The van der Waals surface area contributed by atoms with E-state index in [-0.39, 0.29) is 5.91 Å². The molecular weight excluding hydrogens is 354 g/mol. The van der Waals surface area contributed by atoms with E-state index in [0.717, 1.165) is 33.1 Å². The molecule has 2 heterocycles. The number of carbonyl (C=O) groups is 1. The molecule has 0 radical (unpaired) electrons. The van der Waals surface area contributed by atoms with Crippen molar-refractivity contribution >= 4 is 22.9 Å². The molecule has 2 aromatic carbocycles. The fourth-order valence-electron chi connectivity index (χ4n) is 2.91. The second kappa shape index (κ2) is 7.21. The van der Waals surface area contributed by atoms with E-state index in [2.05, 4.69) is 5.32 Å². The van der Waals surface area contributed by atoms with Crippen LogP contribution in [0.4, 0.5) is 5.69 Å². The van der Waals surface area contributed by atoms with Crippen molar-refractivity contribution in [2.24, 2.45) is 0 Å². The Bertz CT molecular complexity index is 1080. The molecule has 134 valence electrons. The van der Waals surface area contributed by atoms with E-state index in [4.69, 9.17) is 5.10 Å². The standard InChI is InChI=1S/C22H19N3OS/c1-15-10-11-16(2)18(13-15)23-22(26)20-14-19(21-9-6-12-27-21)24-25(20)17-7-4-3-5-8-17/h3-14H,1-2H3,(H,23,26). The first-order valence-corrected chi connectivity index (χ1v) is 9.58. The maximum absolute atomic E-state index is 13.1. The second-order valence-corrected chi connectivity index (χ2v) is 7.36. The van der Waals surface area contributed by atoms with Gasteiger partial charge in [-0.1, -0.05) is 36.4 Å². The van der Waals surface area contributed by atoms with E-state index in [0.29, 0.717) is 5.69 Å². The van der Waals surface area contributed by atoms with Crippen molar-refractivity contribution in [2.45, 2.75) is 13.8 Å². The Labute approximate surface area is 162 Å². The molecular formula is C22H19N3OS. The Morgan fingerprint density at radius 2 is 1.81 bits per heavy atom. The first kappa shape index (κ1) is 17.2. The number of para-hydroxylation sites is 1. The summed E-state index contributed by atoms with van der Waals surface area (Å²) >= 11 is 1.61. The van der Waals surface area contributed by atoms with Crippen LogP contribution in [0.5, 0.6) is 0 Å². The molecule has 1 N–H and O–H groups in total. The minimum absolute atomic E-state index is 0.178. The van der Waals surface area contributed by atoms with Crippen LogP contribution in [0.1, 0.15) is 21.6 Å². The van der Waals surface area contributed by atoms with E-state index in [9.17, 15) is 4.79 Å². The number of benzene rings is 2. The van der Waals surface area contributed by atoms with Crippen LogP contribution in [-0.4, -0.2) is 15.7 Å². The lowest BCUT2D eigenvalue weighted by Crippen LogP contribution is -2.17. The maximum Gasteiger partial charge on any atom is 0.274 e. The topological polar surface area (TPSA) is 46.9 Å². The molecule has 0 aliphatic carbocycles. The van der Waals surface area contributed by atoms with Crippen molar-refractivity contribution in [1.29, 1.82) is 0 Å². The van der Waals surface area contributed by atoms with Crippen LogP contribution >= 0.6 is 11.3 Å². The van der Waals surface area contributed by atoms with Crippen molar-refractivity contribution < 1.29 is 4.79 Å². The van der Waals surface area contributed by atoms with Gasteiger partial charge < -0.3 is 5.32 Å². The van der Waals surface area contributed by atoms with Gasteiger partial charge in [0.2, 0.25) is 0 Å². The largest absolute Gasteiger partial charge is 0.320 e. The molecule has 4 nitrogen and oxygen atoms in total. The number of aromatic nitrogens is 2. The molecule has 1 amide bonds. The van der Waals surface area contributed by atoms with Crippen LogP contribution < -0.4 is 5.32 Å². The van der Waals surface area contributed by atoms with E-state index < -0.39 is 0 Å². The highest BCUT2D eigenvalue weighted by atomic mass is 32.1. The molecule has 2 aromatic heterocycles. The molecule has 5 heteroatoms. The zero-order valence-corrected chi connectivity index (χ0v) is 16.0. The molecule has 0 fully saturated rings. The van der Waals surface area contributed by atoms with Gasteiger partial charge in [0.15, 0.2) is 0 Å². The van der Waals surface area contributed by atoms with Gasteiger partial charge in [-0.25, -0.2) is 4.68 Å². The van der Waals surface area contributed by atoms with Crippen molar-refractivity contribution in [3.8, 4) is 16.3 Å². The van der Waals surface area contributed by atoms with Gasteiger partial charge in [-0.3, -0.25) is 4.79 Å². The maximum atomic E-state index is 13.1. The van der Waals surface area contributed by atoms with Crippen LogP contribution in [0.15, 0.2) is 72.1 Å². The fourth-order valence-corrected chi connectivity index (χ4v) is 3.59. The summed E-state index contributed by atoms with van der Waals surface area (Å²) in [6.07, 6.45) is 0. The molecule has 0 saturated carbocycles. The second-order valence-electron chi connectivity index (χ2n) is 6.41. The lowest BCUT2D eigenvalue weighted by Gasteiger charge is -2.11. The highest BCUT2D eigenvalue weighted by molar-refractivity contribution is 7.13. The predicted molar refractivity (Wildman–Crippen MR) is 111 cm³/mol. The first-order valence-electron chi connectivity index (χ1n) is 8.70. The number of hydrogen-bond acceptors (Lipinski definition) is 3. The molecule has 0 atom stereocenters. The summed E-state index contributed by atoms with van der Waals surface area (Å²) in [5.41, 5.74) is 5.10. The third kappa shape index (κ3) is 3.55. The lowest BCUT2D eigenvalue weighted by molar-refractivity contribution is 0.101. The Balaban J connectivity index is 1.76. The van der Waals surface area contributed by atoms with Gasteiger partial charge >= 0.3 is 0 Å². The molecule has 27 heavy (non-hydrogen) atoms. The summed E-state index contributed by atoms with van der Waals surface area (Å²) in [6, 6.07) is 21.6. The van der Waals surface area contributed by atoms with Crippen LogP contribution in [0, 0.1) is 13.8 Å². The molecule has 0 unspecified atom stereocenters. The molecule has 4 rings (SSSR count). The van der Waals surface area contributed by atoms with E-state index in [1.54, 1.807) is 16.0 Å². The zero-order chi connectivity index (χ0) is 18.8. The predicted octanol–water partition coefficient (Wildman–Crippen LogP) is 5.47. The minimum Gasteiger partial charge on any atom is -0.320 e. The van der Waals surface area contributed by atoms with Gasteiger partial charge in [-0.2, -0.15) is 5.10 Å².